The van der Waals surface area contributed by atoms with E-state index in [1.165, 1.54) is 24.0 Å². The maximum Gasteiger partial charge on any atom is 0.118 e. The average molecular weight is 329 g/mol. The number of nitrogens with zero attached hydrogens (tertiary/aromatic N) is 2. The lowest BCUT2D eigenvalue weighted by molar-refractivity contribution is 0.267. The Bertz CT molecular complexity index is 675. The number of aliphatic hydroxyl groups excluding tert-OH is 1. The molecule has 1 aliphatic carbocycles. The van der Waals surface area contributed by atoms with Crippen molar-refractivity contribution in [2.75, 3.05) is 13.7 Å². The average Bonchev–Trinajstić information content (AvgIpc) is 3.39. The fourth-order valence-corrected chi connectivity index (χ4v) is 3.31. The van der Waals surface area contributed by atoms with Crippen molar-refractivity contribution in [3.63, 3.8) is 0 Å². The van der Waals surface area contributed by atoms with Gasteiger partial charge in [-0.2, -0.15) is 5.10 Å². The van der Waals surface area contributed by atoms with Crippen LogP contribution in [0.15, 0.2) is 24.3 Å². The van der Waals surface area contributed by atoms with Gasteiger partial charge in [-0.15, -0.1) is 0 Å². The monoisotopic (exact) mass is 329 g/mol. The van der Waals surface area contributed by atoms with E-state index in [2.05, 4.69) is 29.5 Å². The van der Waals surface area contributed by atoms with Crippen LogP contribution in [0.25, 0.3) is 0 Å². The first-order valence-electron chi connectivity index (χ1n) is 8.65. The Morgan fingerprint density at radius 1 is 1.29 bits per heavy atom. The molecule has 1 atom stereocenters. The Balaban J connectivity index is 1.73. The number of aliphatic hydroxyl groups is 1. The van der Waals surface area contributed by atoms with Gasteiger partial charge in [0.2, 0.25) is 0 Å². The lowest BCUT2D eigenvalue weighted by Gasteiger charge is -2.19. The number of methoxy groups -OCH3 is 1. The Morgan fingerprint density at radius 3 is 2.58 bits per heavy atom. The molecule has 1 heterocycles. The minimum Gasteiger partial charge on any atom is -0.497 e. The molecular weight excluding hydrogens is 302 g/mol. The second-order valence-electron chi connectivity index (χ2n) is 6.57. The molecule has 1 unspecified atom stereocenters. The van der Waals surface area contributed by atoms with E-state index in [1.807, 2.05) is 23.7 Å². The summed E-state index contributed by atoms with van der Waals surface area (Å²) in [5, 5.41) is 17.4. The molecule has 0 bridgehead atoms. The zero-order chi connectivity index (χ0) is 17.1. The molecular formula is C19H27N3O2. The molecule has 2 aromatic rings. The zero-order valence-electron chi connectivity index (χ0n) is 14.7. The molecule has 130 valence electrons. The van der Waals surface area contributed by atoms with E-state index in [0.717, 1.165) is 23.7 Å². The molecule has 1 aromatic heterocycles. The van der Waals surface area contributed by atoms with Crippen LogP contribution in [0.1, 0.15) is 41.4 Å². The summed E-state index contributed by atoms with van der Waals surface area (Å²) >= 11 is 0. The predicted octanol–water partition coefficient (Wildman–Crippen LogP) is 2.74. The van der Waals surface area contributed by atoms with Gasteiger partial charge in [-0.25, -0.2) is 0 Å². The third-order valence-corrected chi connectivity index (χ3v) is 4.91. The van der Waals surface area contributed by atoms with Crippen molar-refractivity contribution >= 4 is 0 Å². The molecule has 1 aromatic carbocycles. The van der Waals surface area contributed by atoms with Crippen molar-refractivity contribution < 1.29 is 9.84 Å². The van der Waals surface area contributed by atoms with E-state index in [0.29, 0.717) is 18.5 Å². The molecule has 0 radical (unpaired) electrons. The van der Waals surface area contributed by atoms with E-state index < -0.39 is 0 Å². The number of aromatic nitrogens is 2. The predicted molar refractivity (Wildman–Crippen MR) is 94.1 cm³/mol. The van der Waals surface area contributed by atoms with Crippen molar-refractivity contribution in [3.8, 4) is 5.75 Å². The third-order valence-electron chi connectivity index (χ3n) is 4.91. The number of nitrogens with one attached hydrogen (secondary N) is 1. The summed E-state index contributed by atoms with van der Waals surface area (Å²) in [4.78, 5) is 0. The van der Waals surface area contributed by atoms with Crippen molar-refractivity contribution in [1.82, 2.24) is 15.1 Å². The first-order chi connectivity index (χ1) is 11.6. The number of aryl methyl sites for hydroxylation is 1. The van der Waals surface area contributed by atoms with E-state index in [1.54, 1.807) is 7.11 Å². The largest absolute Gasteiger partial charge is 0.497 e. The highest BCUT2D eigenvalue weighted by Gasteiger charge is 2.32. The number of benzene rings is 1. The molecule has 0 aliphatic heterocycles. The normalized spacial score (nSPS) is 15.5. The maximum atomic E-state index is 9.15. The highest BCUT2D eigenvalue weighted by atomic mass is 16.5. The Labute approximate surface area is 143 Å². The van der Waals surface area contributed by atoms with Crippen LogP contribution in [-0.4, -0.2) is 28.6 Å². The maximum absolute atomic E-state index is 9.15. The van der Waals surface area contributed by atoms with Crippen LogP contribution >= 0.6 is 0 Å². The summed E-state index contributed by atoms with van der Waals surface area (Å²) in [5.74, 6) is 1.61. The number of hydrogen-bond donors (Lipinski definition) is 2. The van der Waals surface area contributed by atoms with Gasteiger partial charge in [0.15, 0.2) is 0 Å². The first-order valence-corrected chi connectivity index (χ1v) is 8.65. The van der Waals surface area contributed by atoms with Crippen molar-refractivity contribution in [3.05, 3.63) is 46.8 Å². The van der Waals surface area contributed by atoms with Gasteiger partial charge >= 0.3 is 0 Å². The van der Waals surface area contributed by atoms with Gasteiger partial charge in [-0.05, 0) is 50.3 Å². The third kappa shape index (κ3) is 3.62. The van der Waals surface area contributed by atoms with E-state index in [9.17, 15) is 0 Å². The summed E-state index contributed by atoms with van der Waals surface area (Å²) < 4.78 is 7.15. The van der Waals surface area contributed by atoms with Gasteiger partial charge in [-0.3, -0.25) is 4.68 Å². The Hall–Kier alpha value is -1.85. The SMILES string of the molecule is COc1ccc(C(NCc2c(C)nn(CCO)c2C)C2CC2)cc1. The lowest BCUT2D eigenvalue weighted by Crippen LogP contribution is -2.23. The molecule has 1 aliphatic rings. The molecule has 1 fully saturated rings. The van der Waals surface area contributed by atoms with Crippen molar-refractivity contribution in [1.29, 1.82) is 0 Å². The second-order valence-corrected chi connectivity index (χ2v) is 6.57. The van der Waals surface area contributed by atoms with Crippen LogP contribution < -0.4 is 10.1 Å². The van der Waals surface area contributed by atoms with Gasteiger partial charge in [-0.1, -0.05) is 12.1 Å². The Kier molecular flexibility index (Phi) is 5.21. The highest BCUT2D eigenvalue weighted by Crippen LogP contribution is 2.41. The Morgan fingerprint density at radius 2 is 2.00 bits per heavy atom. The van der Waals surface area contributed by atoms with Gasteiger partial charge in [0.25, 0.3) is 0 Å². The van der Waals surface area contributed by atoms with E-state index in [4.69, 9.17) is 9.84 Å². The summed E-state index contributed by atoms with van der Waals surface area (Å²) in [6, 6.07) is 8.74. The van der Waals surface area contributed by atoms with E-state index in [-0.39, 0.29) is 6.61 Å². The van der Waals surface area contributed by atoms with Gasteiger partial charge in [0.05, 0.1) is 26.0 Å². The smallest absolute Gasteiger partial charge is 0.118 e. The minimum absolute atomic E-state index is 0.116. The molecule has 0 saturated heterocycles. The second kappa shape index (κ2) is 7.36. The summed E-state index contributed by atoms with van der Waals surface area (Å²) in [6.07, 6.45) is 2.57. The standard InChI is InChI=1S/C19H27N3O2/c1-13-18(14(2)22(21-13)10-11-23)12-20-19(15-4-5-15)16-6-8-17(24-3)9-7-16/h6-9,15,19-20,23H,4-5,10-12H2,1-3H3. The van der Waals surface area contributed by atoms with Crippen molar-refractivity contribution in [2.45, 2.75) is 45.8 Å². The topological polar surface area (TPSA) is 59.3 Å². The molecule has 3 rings (SSSR count). The minimum atomic E-state index is 0.116. The summed E-state index contributed by atoms with van der Waals surface area (Å²) in [7, 11) is 1.70. The molecule has 24 heavy (non-hydrogen) atoms. The van der Waals surface area contributed by atoms with Gasteiger partial charge in [0, 0.05) is 23.8 Å². The number of ether oxygens (including phenoxy) is 1. The fourth-order valence-electron chi connectivity index (χ4n) is 3.31. The first kappa shape index (κ1) is 17.0. The number of hydrogen-bond acceptors (Lipinski definition) is 4. The highest BCUT2D eigenvalue weighted by molar-refractivity contribution is 5.31. The fraction of sp³-hybridized carbons (Fsp3) is 0.526. The quantitative estimate of drug-likeness (QED) is 0.782. The molecule has 0 spiro atoms. The molecule has 5 heteroatoms. The molecule has 2 N–H and O–H groups in total. The van der Waals surface area contributed by atoms with Gasteiger partial charge < -0.3 is 15.2 Å². The lowest BCUT2D eigenvalue weighted by atomic mass is 10.0. The van der Waals surface area contributed by atoms with Crippen LogP contribution in [-0.2, 0) is 13.1 Å². The van der Waals surface area contributed by atoms with E-state index >= 15 is 0 Å². The molecule has 5 nitrogen and oxygen atoms in total. The molecule has 1 saturated carbocycles. The van der Waals surface area contributed by atoms with Crippen LogP contribution in [0.3, 0.4) is 0 Å². The van der Waals surface area contributed by atoms with Crippen LogP contribution in [0, 0.1) is 19.8 Å². The van der Waals surface area contributed by atoms with Crippen LogP contribution in [0.2, 0.25) is 0 Å². The zero-order valence-corrected chi connectivity index (χ0v) is 14.7. The molecule has 0 amide bonds. The summed E-state index contributed by atoms with van der Waals surface area (Å²) in [6.45, 7) is 5.59. The van der Waals surface area contributed by atoms with Crippen LogP contribution in [0.5, 0.6) is 5.75 Å². The van der Waals surface area contributed by atoms with Gasteiger partial charge in [0.1, 0.15) is 5.75 Å². The van der Waals surface area contributed by atoms with Crippen molar-refractivity contribution in [2.24, 2.45) is 5.92 Å². The number of rotatable bonds is 8. The summed E-state index contributed by atoms with van der Waals surface area (Å²) in [5.41, 5.74) is 4.73. The van der Waals surface area contributed by atoms with Crippen LogP contribution in [0.4, 0.5) is 0 Å².